The topological polar surface area (TPSA) is 74.8 Å². The Morgan fingerprint density at radius 2 is 1.83 bits per heavy atom. The largest absolute Gasteiger partial charge is 0.490 e. The summed E-state index contributed by atoms with van der Waals surface area (Å²) in [6, 6.07) is 11.3. The minimum absolute atomic E-state index is 0.00818. The van der Waals surface area contributed by atoms with E-state index in [2.05, 4.69) is 22.2 Å². The van der Waals surface area contributed by atoms with Gasteiger partial charge in [-0.1, -0.05) is 0 Å². The third-order valence-electron chi connectivity index (χ3n) is 5.80. The zero-order valence-electron chi connectivity index (χ0n) is 17.3. The van der Waals surface area contributed by atoms with E-state index in [0.29, 0.717) is 13.1 Å². The number of carbonyl (C=O) groups is 2. The number of carbonyl (C=O) groups excluding carboxylic acids is 2. The molecule has 2 aliphatic heterocycles. The van der Waals surface area contributed by atoms with Crippen LogP contribution in [-0.4, -0.2) is 59.4 Å². The fourth-order valence-electron chi connectivity index (χ4n) is 3.97. The highest BCUT2D eigenvalue weighted by Crippen LogP contribution is 2.24. The van der Waals surface area contributed by atoms with Crippen molar-refractivity contribution in [2.75, 3.05) is 32.0 Å². The van der Waals surface area contributed by atoms with Crippen molar-refractivity contribution < 1.29 is 14.3 Å². The average Bonchev–Trinajstić information content (AvgIpc) is 3.12. The summed E-state index contributed by atoms with van der Waals surface area (Å²) in [5, 5.41) is 2.94. The molecular weight excluding hydrogens is 380 g/mol. The van der Waals surface area contributed by atoms with Gasteiger partial charge in [0.2, 0.25) is 11.8 Å². The molecule has 158 valence electrons. The average molecular weight is 409 g/mol. The van der Waals surface area contributed by atoms with Crippen LogP contribution in [0, 0.1) is 5.92 Å². The van der Waals surface area contributed by atoms with Crippen molar-refractivity contribution in [3.63, 3.8) is 0 Å². The van der Waals surface area contributed by atoms with Crippen molar-refractivity contribution in [3.8, 4) is 5.75 Å². The maximum absolute atomic E-state index is 12.7. The van der Waals surface area contributed by atoms with E-state index in [4.69, 9.17) is 4.74 Å². The van der Waals surface area contributed by atoms with Crippen LogP contribution in [0.15, 0.2) is 48.8 Å². The Bertz CT molecular complexity index is 864. The van der Waals surface area contributed by atoms with Crippen LogP contribution in [0.3, 0.4) is 0 Å². The van der Waals surface area contributed by atoms with Crippen LogP contribution in [0.2, 0.25) is 0 Å². The minimum Gasteiger partial charge on any atom is -0.490 e. The maximum Gasteiger partial charge on any atom is 0.229 e. The van der Waals surface area contributed by atoms with Crippen LogP contribution in [0.5, 0.6) is 5.75 Å². The monoisotopic (exact) mass is 408 g/mol. The lowest BCUT2D eigenvalue weighted by molar-refractivity contribution is -0.128. The number of nitrogens with zero attached hydrogens (tertiary/aromatic N) is 3. The lowest BCUT2D eigenvalue weighted by atomic mass is 10.1. The first-order valence-corrected chi connectivity index (χ1v) is 10.5. The number of hydrogen-bond acceptors (Lipinski definition) is 5. The Hall–Kier alpha value is -2.93. The SMILES string of the molecule is CN1CCC(Oc2ccc(NC(=O)C3CC(=O)N(Cc4ccncc4)C3)cc2)CC1. The molecule has 1 N–H and O–H groups in total. The molecule has 2 saturated heterocycles. The second kappa shape index (κ2) is 9.26. The van der Waals surface area contributed by atoms with Crippen molar-refractivity contribution in [2.24, 2.45) is 5.92 Å². The van der Waals surface area contributed by atoms with Crippen molar-refractivity contribution in [1.29, 1.82) is 0 Å². The van der Waals surface area contributed by atoms with Gasteiger partial charge < -0.3 is 19.9 Å². The first kappa shape index (κ1) is 20.3. The Labute approximate surface area is 177 Å². The number of hydrogen-bond donors (Lipinski definition) is 1. The van der Waals surface area contributed by atoms with Gasteiger partial charge in [0, 0.05) is 50.7 Å². The Balaban J connectivity index is 1.28. The standard InChI is InChI=1S/C23H28N4O3/c1-26-12-8-21(9-13-26)30-20-4-2-19(3-5-20)25-23(29)18-14-22(28)27(16-18)15-17-6-10-24-11-7-17/h2-7,10-11,18,21H,8-9,12-16H2,1H3,(H,25,29). The summed E-state index contributed by atoms with van der Waals surface area (Å²) >= 11 is 0. The quantitative estimate of drug-likeness (QED) is 0.795. The van der Waals surface area contributed by atoms with Gasteiger partial charge in [0.25, 0.3) is 0 Å². The lowest BCUT2D eigenvalue weighted by Gasteiger charge is -2.29. The van der Waals surface area contributed by atoms with E-state index in [1.165, 1.54) is 0 Å². The molecule has 0 bridgehead atoms. The third-order valence-corrected chi connectivity index (χ3v) is 5.80. The second-order valence-corrected chi connectivity index (χ2v) is 8.16. The fraction of sp³-hybridized carbons (Fsp3) is 0.435. The Kier molecular flexibility index (Phi) is 6.28. The molecule has 0 aliphatic carbocycles. The van der Waals surface area contributed by atoms with Crippen molar-refractivity contribution >= 4 is 17.5 Å². The number of benzene rings is 1. The second-order valence-electron chi connectivity index (χ2n) is 8.16. The molecule has 0 spiro atoms. The molecule has 2 aliphatic rings. The van der Waals surface area contributed by atoms with Gasteiger partial charge in [-0.15, -0.1) is 0 Å². The highest BCUT2D eigenvalue weighted by atomic mass is 16.5. The first-order chi connectivity index (χ1) is 14.6. The predicted molar refractivity (Wildman–Crippen MR) is 114 cm³/mol. The van der Waals surface area contributed by atoms with Crippen molar-refractivity contribution in [3.05, 3.63) is 54.4 Å². The summed E-state index contributed by atoms with van der Waals surface area (Å²) < 4.78 is 6.05. The van der Waals surface area contributed by atoms with Crippen LogP contribution in [0.4, 0.5) is 5.69 Å². The lowest BCUT2D eigenvalue weighted by Crippen LogP contribution is -2.35. The number of anilines is 1. The number of pyridine rings is 1. The molecule has 1 aromatic heterocycles. The van der Waals surface area contributed by atoms with E-state index in [9.17, 15) is 9.59 Å². The van der Waals surface area contributed by atoms with E-state index in [1.807, 2.05) is 36.4 Å². The molecule has 0 radical (unpaired) electrons. The van der Waals surface area contributed by atoms with Crippen LogP contribution in [0.1, 0.15) is 24.8 Å². The third kappa shape index (κ3) is 5.16. The number of nitrogens with one attached hydrogen (secondary N) is 1. The van der Waals surface area contributed by atoms with Crippen molar-refractivity contribution in [1.82, 2.24) is 14.8 Å². The van der Waals surface area contributed by atoms with Gasteiger partial charge >= 0.3 is 0 Å². The number of likely N-dealkylation sites (tertiary alicyclic amines) is 2. The van der Waals surface area contributed by atoms with E-state index < -0.39 is 0 Å². The van der Waals surface area contributed by atoms with Crippen LogP contribution >= 0.6 is 0 Å². The Morgan fingerprint density at radius 1 is 1.13 bits per heavy atom. The molecular formula is C23H28N4O3. The molecule has 7 nitrogen and oxygen atoms in total. The van der Waals surface area contributed by atoms with E-state index in [1.54, 1.807) is 17.3 Å². The number of amides is 2. The normalized spacial score (nSPS) is 20.4. The molecule has 1 unspecified atom stereocenters. The smallest absolute Gasteiger partial charge is 0.229 e. The summed E-state index contributed by atoms with van der Waals surface area (Å²) in [5.41, 5.74) is 1.73. The zero-order valence-corrected chi connectivity index (χ0v) is 17.3. The van der Waals surface area contributed by atoms with Crippen LogP contribution in [-0.2, 0) is 16.1 Å². The van der Waals surface area contributed by atoms with Gasteiger partial charge in [-0.25, -0.2) is 0 Å². The van der Waals surface area contributed by atoms with Crippen LogP contribution in [0.25, 0.3) is 0 Å². The number of aromatic nitrogens is 1. The van der Waals surface area contributed by atoms with E-state index in [-0.39, 0.29) is 30.3 Å². The predicted octanol–water partition coefficient (Wildman–Crippen LogP) is 2.54. The molecule has 3 heterocycles. The number of ether oxygens (including phenoxy) is 1. The van der Waals surface area contributed by atoms with Gasteiger partial charge in [-0.05, 0) is 61.9 Å². The van der Waals surface area contributed by atoms with Crippen molar-refractivity contribution in [2.45, 2.75) is 31.9 Å². The van der Waals surface area contributed by atoms with Gasteiger partial charge in [0.05, 0.1) is 5.92 Å². The van der Waals surface area contributed by atoms with E-state index >= 15 is 0 Å². The zero-order chi connectivity index (χ0) is 20.9. The Morgan fingerprint density at radius 3 is 2.53 bits per heavy atom. The summed E-state index contributed by atoms with van der Waals surface area (Å²) in [5.74, 6) is 0.370. The molecule has 1 aromatic carbocycles. The first-order valence-electron chi connectivity index (χ1n) is 10.5. The fourth-order valence-corrected chi connectivity index (χ4v) is 3.97. The van der Waals surface area contributed by atoms with Crippen LogP contribution < -0.4 is 10.1 Å². The minimum atomic E-state index is -0.338. The van der Waals surface area contributed by atoms with E-state index in [0.717, 1.165) is 42.9 Å². The molecule has 2 aromatic rings. The number of rotatable bonds is 6. The molecule has 30 heavy (non-hydrogen) atoms. The maximum atomic E-state index is 12.7. The number of piperidine rings is 1. The van der Waals surface area contributed by atoms with Gasteiger partial charge in [-0.3, -0.25) is 14.6 Å². The summed E-state index contributed by atoms with van der Waals surface area (Å²) in [4.78, 5) is 33.0. The molecule has 2 fully saturated rings. The van der Waals surface area contributed by atoms with Gasteiger partial charge in [0.15, 0.2) is 0 Å². The highest BCUT2D eigenvalue weighted by Gasteiger charge is 2.34. The van der Waals surface area contributed by atoms with Gasteiger partial charge in [-0.2, -0.15) is 0 Å². The molecule has 7 heteroatoms. The summed E-state index contributed by atoms with van der Waals surface area (Å²) in [7, 11) is 2.13. The molecule has 1 atom stereocenters. The molecule has 0 saturated carbocycles. The molecule has 2 amide bonds. The van der Waals surface area contributed by atoms with Gasteiger partial charge in [0.1, 0.15) is 11.9 Å². The summed E-state index contributed by atoms with van der Waals surface area (Å²) in [6.45, 7) is 3.05. The highest BCUT2D eigenvalue weighted by molar-refractivity contribution is 5.97. The molecule has 4 rings (SSSR count). The summed E-state index contributed by atoms with van der Waals surface area (Å²) in [6.07, 6.45) is 5.97.